The van der Waals surface area contributed by atoms with E-state index < -0.39 is 0 Å². The lowest BCUT2D eigenvalue weighted by atomic mass is 10.0. The lowest BCUT2D eigenvalue weighted by molar-refractivity contribution is -0.128. The molecule has 2 unspecified atom stereocenters. The lowest BCUT2D eigenvalue weighted by Gasteiger charge is -2.38. The smallest absolute Gasteiger partial charge is 0.238 e. The molecule has 0 aliphatic carbocycles. The number of hydrogen-bond donors (Lipinski definition) is 3. The third-order valence-corrected chi connectivity index (χ3v) is 4.09. The molecule has 2 aliphatic heterocycles. The number of amides is 1. The molecular formula is C15H21N3O3. The monoisotopic (exact) mass is 291 g/mol. The summed E-state index contributed by atoms with van der Waals surface area (Å²) in [4.78, 5) is 14.5. The van der Waals surface area contributed by atoms with Crippen LogP contribution >= 0.6 is 0 Å². The van der Waals surface area contributed by atoms with Crippen LogP contribution in [-0.4, -0.2) is 54.7 Å². The second-order valence-electron chi connectivity index (χ2n) is 5.40. The molecule has 1 aromatic rings. The largest absolute Gasteiger partial charge is 0.508 e. The van der Waals surface area contributed by atoms with Crippen LogP contribution in [0.3, 0.4) is 0 Å². The summed E-state index contributed by atoms with van der Waals surface area (Å²) in [6.07, 6.45) is 0. The Morgan fingerprint density at radius 2 is 2.43 bits per heavy atom. The van der Waals surface area contributed by atoms with Gasteiger partial charge in [0.2, 0.25) is 5.91 Å². The number of rotatable bonds is 3. The first-order valence-corrected chi connectivity index (χ1v) is 7.40. The van der Waals surface area contributed by atoms with Gasteiger partial charge in [-0.1, -0.05) is 0 Å². The minimum Gasteiger partial charge on any atom is -0.508 e. The maximum Gasteiger partial charge on any atom is 0.238 e. The van der Waals surface area contributed by atoms with Gasteiger partial charge in [-0.25, -0.2) is 0 Å². The topological polar surface area (TPSA) is 73.8 Å². The molecule has 114 valence electrons. The van der Waals surface area contributed by atoms with E-state index in [2.05, 4.69) is 15.5 Å². The fraction of sp³-hybridized carbons (Fsp3) is 0.533. The highest BCUT2D eigenvalue weighted by Crippen LogP contribution is 2.39. The first-order chi connectivity index (χ1) is 10.2. The molecule has 21 heavy (non-hydrogen) atoms. The zero-order valence-electron chi connectivity index (χ0n) is 12.1. The molecule has 0 bridgehead atoms. The van der Waals surface area contributed by atoms with E-state index in [4.69, 9.17) is 4.74 Å². The van der Waals surface area contributed by atoms with Crippen LogP contribution in [0, 0.1) is 0 Å². The van der Waals surface area contributed by atoms with Crippen molar-refractivity contribution in [2.24, 2.45) is 0 Å². The van der Waals surface area contributed by atoms with Gasteiger partial charge >= 0.3 is 0 Å². The number of phenolic OH excluding ortho intramolecular Hbond substituents is 1. The molecule has 2 aliphatic rings. The SMILES string of the molecule is CCNC(=O)C1CNCCN1C1COc2cc(O)ccc21. The van der Waals surface area contributed by atoms with Crippen LogP contribution in [0.25, 0.3) is 0 Å². The highest BCUT2D eigenvalue weighted by molar-refractivity contribution is 5.82. The standard InChI is InChI=1S/C15H21N3O3/c1-2-17-15(20)12-8-16-5-6-18(12)13-9-21-14-7-10(19)3-4-11(13)14/h3-4,7,12-13,16,19H,2,5-6,8-9H2,1H3,(H,17,20). The predicted octanol–water partition coefficient (Wildman–Crippen LogP) is 0.236. The van der Waals surface area contributed by atoms with Gasteiger partial charge in [-0.3, -0.25) is 9.69 Å². The fourth-order valence-corrected chi connectivity index (χ4v) is 3.08. The van der Waals surface area contributed by atoms with E-state index in [0.29, 0.717) is 25.4 Å². The van der Waals surface area contributed by atoms with E-state index in [-0.39, 0.29) is 23.7 Å². The Bertz CT molecular complexity index is 535. The zero-order chi connectivity index (χ0) is 14.8. The number of nitrogens with zero attached hydrogens (tertiary/aromatic N) is 1. The number of nitrogens with one attached hydrogen (secondary N) is 2. The molecule has 1 saturated heterocycles. The Morgan fingerprint density at radius 3 is 3.24 bits per heavy atom. The van der Waals surface area contributed by atoms with Crippen molar-refractivity contribution in [3.8, 4) is 11.5 Å². The van der Waals surface area contributed by atoms with Crippen molar-refractivity contribution in [1.82, 2.24) is 15.5 Å². The lowest BCUT2D eigenvalue weighted by Crippen LogP contribution is -2.58. The van der Waals surface area contributed by atoms with Gasteiger partial charge in [0.25, 0.3) is 0 Å². The molecule has 3 N–H and O–H groups in total. The minimum absolute atomic E-state index is 0.0527. The van der Waals surface area contributed by atoms with Gasteiger partial charge in [0, 0.05) is 37.8 Å². The van der Waals surface area contributed by atoms with Crippen molar-refractivity contribution >= 4 is 5.91 Å². The van der Waals surface area contributed by atoms with E-state index >= 15 is 0 Å². The number of phenols is 1. The molecule has 2 heterocycles. The number of aromatic hydroxyl groups is 1. The summed E-state index contributed by atoms with van der Waals surface area (Å²) in [5.41, 5.74) is 1.05. The second-order valence-corrected chi connectivity index (χ2v) is 5.40. The second kappa shape index (κ2) is 5.91. The van der Waals surface area contributed by atoms with E-state index in [9.17, 15) is 9.90 Å². The Kier molecular flexibility index (Phi) is 3.98. The molecule has 3 rings (SSSR count). The normalized spacial score (nSPS) is 25.2. The van der Waals surface area contributed by atoms with Gasteiger partial charge in [0.1, 0.15) is 24.1 Å². The third kappa shape index (κ3) is 2.69. The molecular weight excluding hydrogens is 270 g/mol. The molecule has 6 heteroatoms. The third-order valence-electron chi connectivity index (χ3n) is 4.09. The molecule has 0 spiro atoms. The van der Waals surface area contributed by atoms with Crippen molar-refractivity contribution in [3.05, 3.63) is 23.8 Å². The Labute approximate surface area is 124 Å². The zero-order valence-corrected chi connectivity index (χ0v) is 12.1. The Morgan fingerprint density at radius 1 is 1.57 bits per heavy atom. The molecule has 0 aromatic heterocycles. The van der Waals surface area contributed by atoms with Gasteiger partial charge in [0.15, 0.2) is 0 Å². The van der Waals surface area contributed by atoms with E-state index in [0.717, 1.165) is 18.7 Å². The highest BCUT2D eigenvalue weighted by atomic mass is 16.5. The van der Waals surface area contributed by atoms with Gasteiger partial charge < -0.3 is 20.5 Å². The molecule has 1 amide bonds. The summed E-state index contributed by atoms with van der Waals surface area (Å²) in [5.74, 6) is 0.972. The molecule has 1 fully saturated rings. The van der Waals surface area contributed by atoms with Crippen LogP contribution in [-0.2, 0) is 4.79 Å². The number of piperazine rings is 1. The maximum atomic E-state index is 12.3. The fourth-order valence-electron chi connectivity index (χ4n) is 3.08. The number of hydrogen-bond acceptors (Lipinski definition) is 5. The average Bonchev–Trinajstić information content (AvgIpc) is 2.90. The molecule has 6 nitrogen and oxygen atoms in total. The van der Waals surface area contributed by atoms with Crippen molar-refractivity contribution in [3.63, 3.8) is 0 Å². The average molecular weight is 291 g/mol. The van der Waals surface area contributed by atoms with Crippen LogP contribution < -0.4 is 15.4 Å². The number of benzene rings is 1. The minimum atomic E-state index is -0.188. The number of carbonyl (C=O) groups is 1. The van der Waals surface area contributed by atoms with Gasteiger partial charge in [0.05, 0.1) is 6.04 Å². The van der Waals surface area contributed by atoms with Crippen molar-refractivity contribution in [2.75, 3.05) is 32.8 Å². The number of ether oxygens (including phenoxy) is 1. The summed E-state index contributed by atoms with van der Waals surface area (Å²) >= 11 is 0. The van der Waals surface area contributed by atoms with Gasteiger partial charge in [-0.2, -0.15) is 0 Å². The van der Waals surface area contributed by atoms with Crippen molar-refractivity contribution in [2.45, 2.75) is 19.0 Å². The number of likely N-dealkylation sites (N-methyl/N-ethyl adjacent to an activating group) is 1. The van der Waals surface area contributed by atoms with Crippen molar-refractivity contribution < 1.29 is 14.6 Å². The predicted molar refractivity (Wildman–Crippen MR) is 78.4 cm³/mol. The van der Waals surface area contributed by atoms with Crippen LogP contribution in [0.2, 0.25) is 0 Å². The van der Waals surface area contributed by atoms with Crippen LogP contribution in [0.15, 0.2) is 18.2 Å². The number of carbonyl (C=O) groups excluding carboxylic acids is 1. The maximum absolute atomic E-state index is 12.3. The summed E-state index contributed by atoms with van der Waals surface area (Å²) in [5, 5.41) is 15.7. The molecule has 2 atom stereocenters. The van der Waals surface area contributed by atoms with Crippen LogP contribution in [0.1, 0.15) is 18.5 Å². The first-order valence-electron chi connectivity index (χ1n) is 7.40. The number of fused-ring (bicyclic) bond motifs is 1. The summed E-state index contributed by atoms with van der Waals surface area (Å²) in [7, 11) is 0. The van der Waals surface area contributed by atoms with E-state index in [1.165, 1.54) is 0 Å². The van der Waals surface area contributed by atoms with Crippen LogP contribution in [0.4, 0.5) is 0 Å². The quantitative estimate of drug-likeness (QED) is 0.744. The van der Waals surface area contributed by atoms with E-state index in [1.807, 2.05) is 13.0 Å². The summed E-state index contributed by atoms with van der Waals surface area (Å²) in [6.45, 7) is 5.39. The van der Waals surface area contributed by atoms with Crippen LogP contribution in [0.5, 0.6) is 11.5 Å². The Balaban J connectivity index is 1.84. The highest BCUT2D eigenvalue weighted by Gasteiger charge is 2.38. The Hall–Kier alpha value is -1.79. The molecule has 0 radical (unpaired) electrons. The summed E-state index contributed by atoms with van der Waals surface area (Å²) < 4.78 is 5.68. The van der Waals surface area contributed by atoms with Gasteiger partial charge in [-0.15, -0.1) is 0 Å². The van der Waals surface area contributed by atoms with E-state index in [1.54, 1.807) is 12.1 Å². The van der Waals surface area contributed by atoms with Gasteiger partial charge in [-0.05, 0) is 19.1 Å². The molecule has 1 aromatic carbocycles. The first kappa shape index (κ1) is 14.2. The summed E-state index contributed by atoms with van der Waals surface area (Å²) in [6, 6.07) is 5.07. The molecule has 0 saturated carbocycles. The van der Waals surface area contributed by atoms with Crippen molar-refractivity contribution in [1.29, 1.82) is 0 Å².